The Kier molecular flexibility index (Phi) is 5.17. The van der Waals surface area contributed by atoms with Crippen LogP contribution in [0.1, 0.15) is 59.2 Å². The Labute approximate surface area is 178 Å². The maximum Gasteiger partial charge on any atom is 0.263 e. The van der Waals surface area contributed by atoms with Crippen molar-refractivity contribution in [2.45, 2.75) is 51.4 Å². The molecule has 0 spiro atoms. The van der Waals surface area contributed by atoms with Crippen molar-refractivity contribution >= 4 is 16.9 Å². The van der Waals surface area contributed by atoms with Gasteiger partial charge in [-0.15, -0.1) is 0 Å². The van der Waals surface area contributed by atoms with Crippen LogP contribution < -0.4 is 5.56 Å². The summed E-state index contributed by atoms with van der Waals surface area (Å²) >= 11 is 0. The molecule has 7 nitrogen and oxygen atoms in total. The van der Waals surface area contributed by atoms with Crippen molar-refractivity contribution in [2.75, 3.05) is 19.6 Å². The molecule has 0 unspecified atom stereocenters. The standard InChI is InChI=1S/C23H25FN4O3/c1-14-17(23(30)28-20(25-14)3-2-4-21(28)29)9-12-27-10-7-15(8-11-27)22-18-6-5-16(24)13-19(18)31-26-22/h5-6,13,15H,2-4,7-12H2,1H3. The molecule has 4 heterocycles. The SMILES string of the molecule is Cc1nc2n(c(=O)c1CCN1CCC(c3noc4cc(F)ccc34)CC1)C(=O)CCC2. The summed E-state index contributed by atoms with van der Waals surface area (Å²) in [6, 6.07) is 4.55. The van der Waals surface area contributed by atoms with E-state index in [9.17, 15) is 14.0 Å². The van der Waals surface area contributed by atoms with Gasteiger partial charge in [-0.2, -0.15) is 0 Å². The van der Waals surface area contributed by atoms with Gasteiger partial charge in [-0.3, -0.25) is 9.59 Å². The lowest BCUT2D eigenvalue weighted by atomic mass is 9.91. The number of nitrogens with zero attached hydrogens (tertiary/aromatic N) is 4. The van der Waals surface area contributed by atoms with Gasteiger partial charge in [0.1, 0.15) is 11.6 Å². The van der Waals surface area contributed by atoms with Crippen LogP contribution in [-0.2, 0) is 12.8 Å². The molecule has 0 N–H and O–H groups in total. The summed E-state index contributed by atoms with van der Waals surface area (Å²) in [5.41, 5.74) is 2.58. The van der Waals surface area contributed by atoms with Crippen molar-refractivity contribution in [3.8, 4) is 0 Å². The van der Waals surface area contributed by atoms with Gasteiger partial charge in [0.05, 0.1) is 5.69 Å². The van der Waals surface area contributed by atoms with Gasteiger partial charge in [0.2, 0.25) is 5.91 Å². The Balaban J connectivity index is 1.25. The van der Waals surface area contributed by atoms with E-state index in [1.54, 1.807) is 6.07 Å². The second-order valence-corrected chi connectivity index (χ2v) is 8.55. The first kappa shape index (κ1) is 20.1. The van der Waals surface area contributed by atoms with E-state index in [0.717, 1.165) is 55.7 Å². The van der Waals surface area contributed by atoms with E-state index in [2.05, 4.69) is 15.0 Å². The molecule has 0 saturated carbocycles. The zero-order valence-electron chi connectivity index (χ0n) is 17.6. The molecule has 2 aromatic heterocycles. The summed E-state index contributed by atoms with van der Waals surface area (Å²) in [6.07, 6.45) is 4.29. The predicted octanol–water partition coefficient (Wildman–Crippen LogP) is 3.23. The van der Waals surface area contributed by atoms with E-state index in [4.69, 9.17) is 4.52 Å². The van der Waals surface area contributed by atoms with E-state index in [-0.39, 0.29) is 23.2 Å². The Morgan fingerprint density at radius 2 is 2.00 bits per heavy atom. The smallest absolute Gasteiger partial charge is 0.263 e. The molecule has 1 fully saturated rings. The van der Waals surface area contributed by atoms with Crippen molar-refractivity contribution in [1.82, 2.24) is 19.6 Å². The molecule has 162 valence electrons. The van der Waals surface area contributed by atoms with Gasteiger partial charge >= 0.3 is 0 Å². The summed E-state index contributed by atoms with van der Waals surface area (Å²) in [6.45, 7) is 4.39. The average Bonchev–Trinajstić information content (AvgIpc) is 3.17. The largest absolute Gasteiger partial charge is 0.356 e. The number of likely N-dealkylation sites (tertiary alicyclic amines) is 1. The molecule has 0 bridgehead atoms. The van der Waals surface area contributed by atoms with Crippen LogP contribution in [0, 0.1) is 12.7 Å². The number of carbonyl (C=O) groups is 1. The van der Waals surface area contributed by atoms with Crippen LogP contribution >= 0.6 is 0 Å². The van der Waals surface area contributed by atoms with Gasteiger partial charge in [-0.1, -0.05) is 5.16 Å². The number of halogens is 1. The lowest BCUT2D eigenvalue weighted by Crippen LogP contribution is -2.39. The van der Waals surface area contributed by atoms with E-state index in [0.29, 0.717) is 36.2 Å². The maximum absolute atomic E-state index is 13.4. The molecule has 1 saturated heterocycles. The molecule has 2 aliphatic rings. The van der Waals surface area contributed by atoms with Crippen LogP contribution in [-0.4, -0.2) is 45.1 Å². The summed E-state index contributed by atoms with van der Waals surface area (Å²) in [5.74, 6) is 0.413. The fourth-order valence-electron chi connectivity index (χ4n) is 4.87. The van der Waals surface area contributed by atoms with E-state index >= 15 is 0 Å². The lowest BCUT2D eigenvalue weighted by Gasteiger charge is -2.31. The van der Waals surface area contributed by atoms with Crippen molar-refractivity contribution in [3.05, 3.63) is 57.1 Å². The average molecular weight is 424 g/mol. The minimum Gasteiger partial charge on any atom is -0.356 e. The van der Waals surface area contributed by atoms with Gasteiger partial charge < -0.3 is 9.42 Å². The second kappa shape index (κ2) is 8.00. The molecule has 5 rings (SSSR count). The highest BCUT2D eigenvalue weighted by atomic mass is 19.1. The third-order valence-corrected chi connectivity index (χ3v) is 6.61. The monoisotopic (exact) mass is 424 g/mol. The van der Waals surface area contributed by atoms with E-state index in [1.165, 1.54) is 16.7 Å². The molecule has 0 amide bonds. The number of hydrogen-bond donors (Lipinski definition) is 0. The maximum atomic E-state index is 13.4. The topological polar surface area (TPSA) is 81.2 Å². The van der Waals surface area contributed by atoms with Crippen LogP contribution in [0.5, 0.6) is 0 Å². The molecule has 0 radical (unpaired) electrons. The highest BCUT2D eigenvalue weighted by Gasteiger charge is 2.26. The molecule has 2 aliphatic heterocycles. The molecule has 8 heteroatoms. The number of rotatable bonds is 4. The summed E-state index contributed by atoms with van der Waals surface area (Å²) in [7, 11) is 0. The minimum absolute atomic E-state index is 0.138. The molecule has 3 aromatic rings. The predicted molar refractivity (Wildman–Crippen MR) is 113 cm³/mol. The van der Waals surface area contributed by atoms with Crippen molar-refractivity contribution in [3.63, 3.8) is 0 Å². The van der Waals surface area contributed by atoms with Crippen LogP contribution in [0.25, 0.3) is 11.0 Å². The number of aromatic nitrogens is 3. The fraction of sp³-hybridized carbons (Fsp3) is 0.478. The summed E-state index contributed by atoms with van der Waals surface area (Å²) < 4.78 is 20.0. The number of aryl methyl sites for hydroxylation is 2. The first-order chi connectivity index (χ1) is 15.0. The van der Waals surface area contributed by atoms with Crippen LogP contribution in [0.3, 0.4) is 0 Å². The number of fused-ring (bicyclic) bond motifs is 2. The third-order valence-electron chi connectivity index (χ3n) is 6.61. The Morgan fingerprint density at radius 1 is 1.19 bits per heavy atom. The van der Waals surface area contributed by atoms with Crippen LogP contribution in [0.4, 0.5) is 4.39 Å². The van der Waals surface area contributed by atoms with Gasteiger partial charge in [-0.25, -0.2) is 13.9 Å². The number of piperidine rings is 1. The van der Waals surface area contributed by atoms with Crippen molar-refractivity contribution in [2.24, 2.45) is 0 Å². The fourth-order valence-corrected chi connectivity index (χ4v) is 4.87. The number of benzene rings is 1. The molecule has 0 aliphatic carbocycles. The third kappa shape index (κ3) is 3.69. The summed E-state index contributed by atoms with van der Waals surface area (Å²) in [4.78, 5) is 32.0. The van der Waals surface area contributed by atoms with E-state index in [1.807, 2.05) is 6.92 Å². The van der Waals surface area contributed by atoms with Crippen molar-refractivity contribution < 1.29 is 13.7 Å². The minimum atomic E-state index is -0.324. The molecule has 31 heavy (non-hydrogen) atoms. The van der Waals surface area contributed by atoms with Crippen molar-refractivity contribution in [1.29, 1.82) is 0 Å². The lowest BCUT2D eigenvalue weighted by molar-refractivity contribution is 0.0874. The zero-order valence-corrected chi connectivity index (χ0v) is 17.6. The molecule has 1 aromatic carbocycles. The first-order valence-corrected chi connectivity index (χ1v) is 10.9. The molecular weight excluding hydrogens is 399 g/mol. The van der Waals surface area contributed by atoms with Gasteiger partial charge in [-0.05, 0) is 57.8 Å². The van der Waals surface area contributed by atoms with Gasteiger partial charge in [0, 0.05) is 48.0 Å². The molecule has 0 atom stereocenters. The quantitative estimate of drug-likeness (QED) is 0.640. The highest BCUT2D eigenvalue weighted by Crippen LogP contribution is 2.32. The number of hydrogen-bond acceptors (Lipinski definition) is 6. The first-order valence-electron chi connectivity index (χ1n) is 10.9. The highest BCUT2D eigenvalue weighted by molar-refractivity contribution is 5.80. The van der Waals surface area contributed by atoms with Gasteiger partial charge in [0.15, 0.2) is 5.58 Å². The Bertz CT molecular complexity index is 1210. The zero-order chi connectivity index (χ0) is 21.5. The van der Waals surface area contributed by atoms with Crippen LogP contribution in [0.15, 0.2) is 27.5 Å². The Hall–Kier alpha value is -2.87. The second-order valence-electron chi connectivity index (χ2n) is 8.55. The molecular formula is C23H25FN4O3. The Morgan fingerprint density at radius 3 is 2.81 bits per heavy atom. The van der Waals surface area contributed by atoms with Gasteiger partial charge in [0.25, 0.3) is 5.56 Å². The normalized spacial score (nSPS) is 17.9. The number of carbonyl (C=O) groups excluding carboxylic acids is 1. The summed E-state index contributed by atoms with van der Waals surface area (Å²) in [5, 5.41) is 5.09. The van der Waals surface area contributed by atoms with E-state index < -0.39 is 0 Å². The van der Waals surface area contributed by atoms with Crippen LogP contribution in [0.2, 0.25) is 0 Å².